The minimum Gasteiger partial charge on any atom is -0.308 e. The number of alkyl halides is 3. The highest BCUT2D eigenvalue weighted by Gasteiger charge is 2.34. The van der Waals surface area contributed by atoms with E-state index in [0.29, 0.717) is 17.9 Å². The molecule has 0 saturated carbocycles. The molecule has 1 N–H and O–H groups in total. The number of amides is 2. The maximum absolute atomic E-state index is 13.0. The van der Waals surface area contributed by atoms with Crippen molar-refractivity contribution in [3.05, 3.63) is 64.7 Å². The molecule has 1 aliphatic rings. The van der Waals surface area contributed by atoms with Gasteiger partial charge in [0.2, 0.25) is 0 Å². The lowest BCUT2D eigenvalue weighted by molar-refractivity contribution is -0.137. The predicted molar refractivity (Wildman–Crippen MR) is 98.3 cm³/mol. The molecule has 0 spiro atoms. The summed E-state index contributed by atoms with van der Waals surface area (Å²) in [5.74, 6) is 0.682. The van der Waals surface area contributed by atoms with Crippen LogP contribution in [0.2, 0.25) is 0 Å². The normalized spacial score (nSPS) is 17.4. The number of anilines is 1. The van der Waals surface area contributed by atoms with Crippen molar-refractivity contribution in [1.82, 2.24) is 4.90 Å². The Kier molecular flexibility index (Phi) is 5.18. The molecule has 3 nitrogen and oxygen atoms in total. The first kappa shape index (κ1) is 18.6. The second kappa shape index (κ2) is 7.23. The largest absolute Gasteiger partial charge is 0.416 e. The zero-order valence-electron chi connectivity index (χ0n) is 14.4. The number of nitrogens with one attached hydrogen (secondary N) is 1. The van der Waals surface area contributed by atoms with Crippen LogP contribution < -0.4 is 5.32 Å². The molecule has 26 heavy (non-hydrogen) atoms. The molecular formula is C19H19F3N2OS. The Balaban J connectivity index is 1.82. The van der Waals surface area contributed by atoms with Crippen LogP contribution >= 0.6 is 11.8 Å². The summed E-state index contributed by atoms with van der Waals surface area (Å²) in [6.45, 7) is 4.37. The molecule has 0 radical (unpaired) electrons. The second-order valence-electron chi connectivity index (χ2n) is 6.22. The van der Waals surface area contributed by atoms with Gasteiger partial charge in [-0.05, 0) is 48.7 Å². The van der Waals surface area contributed by atoms with Gasteiger partial charge in [-0.25, -0.2) is 4.79 Å². The van der Waals surface area contributed by atoms with Crippen LogP contribution in [-0.2, 0) is 6.18 Å². The van der Waals surface area contributed by atoms with Gasteiger partial charge in [0, 0.05) is 18.0 Å². The number of thioether (sulfide) groups is 1. The van der Waals surface area contributed by atoms with E-state index in [1.807, 2.05) is 32.0 Å². The Labute approximate surface area is 154 Å². The number of nitrogens with zero attached hydrogens (tertiary/aromatic N) is 1. The number of rotatable bonds is 2. The Morgan fingerprint density at radius 3 is 2.65 bits per heavy atom. The molecule has 1 fully saturated rings. The fourth-order valence-electron chi connectivity index (χ4n) is 2.90. The second-order valence-corrected chi connectivity index (χ2v) is 7.41. The van der Waals surface area contributed by atoms with Crippen molar-refractivity contribution < 1.29 is 18.0 Å². The highest BCUT2D eigenvalue weighted by atomic mass is 32.2. The molecule has 7 heteroatoms. The average molecular weight is 380 g/mol. The zero-order valence-corrected chi connectivity index (χ0v) is 15.2. The van der Waals surface area contributed by atoms with E-state index in [0.717, 1.165) is 28.9 Å². The van der Waals surface area contributed by atoms with Gasteiger partial charge in [0.25, 0.3) is 0 Å². The lowest BCUT2D eigenvalue weighted by Crippen LogP contribution is -2.34. The van der Waals surface area contributed by atoms with Crippen molar-refractivity contribution >= 4 is 23.5 Å². The van der Waals surface area contributed by atoms with Crippen molar-refractivity contribution in [2.45, 2.75) is 25.4 Å². The molecule has 1 heterocycles. The van der Waals surface area contributed by atoms with E-state index in [9.17, 15) is 18.0 Å². The van der Waals surface area contributed by atoms with Crippen LogP contribution in [0.15, 0.2) is 42.5 Å². The van der Waals surface area contributed by atoms with Gasteiger partial charge in [-0.3, -0.25) is 0 Å². The molecule has 1 saturated heterocycles. The van der Waals surface area contributed by atoms with Crippen molar-refractivity contribution in [2.75, 3.05) is 17.6 Å². The van der Waals surface area contributed by atoms with E-state index in [-0.39, 0.29) is 6.03 Å². The standard InChI is InChI=1S/C19H19F3N2OS/c1-12-5-3-8-16(13(12)2)23-18(25)24-9-10-26-17(24)14-6-4-7-15(11-14)19(20,21)22/h3-8,11,17H,9-10H2,1-2H3,(H,23,25). The molecule has 1 aliphatic heterocycles. The third-order valence-electron chi connectivity index (χ3n) is 4.50. The molecule has 138 valence electrons. The van der Waals surface area contributed by atoms with Gasteiger partial charge in [-0.2, -0.15) is 13.2 Å². The van der Waals surface area contributed by atoms with Gasteiger partial charge in [-0.1, -0.05) is 24.3 Å². The van der Waals surface area contributed by atoms with Crippen LogP contribution in [0.5, 0.6) is 0 Å². The van der Waals surface area contributed by atoms with Crippen LogP contribution in [0, 0.1) is 13.8 Å². The maximum Gasteiger partial charge on any atom is 0.416 e. The van der Waals surface area contributed by atoms with Crippen LogP contribution in [0.25, 0.3) is 0 Å². The van der Waals surface area contributed by atoms with E-state index in [1.165, 1.54) is 17.8 Å². The highest BCUT2D eigenvalue weighted by Crippen LogP contribution is 2.40. The number of carbonyl (C=O) groups is 1. The van der Waals surface area contributed by atoms with Gasteiger partial charge in [0.15, 0.2) is 0 Å². The average Bonchev–Trinajstić information content (AvgIpc) is 3.08. The third-order valence-corrected chi connectivity index (χ3v) is 5.76. The van der Waals surface area contributed by atoms with Gasteiger partial charge < -0.3 is 10.2 Å². The molecule has 1 atom stereocenters. The SMILES string of the molecule is Cc1cccc(NC(=O)N2CCSC2c2cccc(C(F)(F)F)c2)c1C. The van der Waals surface area contributed by atoms with E-state index in [2.05, 4.69) is 5.32 Å². The summed E-state index contributed by atoms with van der Waals surface area (Å²) in [5, 5.41) is 2.46. The van der Waals surface area contributed by atoms with Gasteiger partial charge in [0.05, 0.1) is 5.56 Å². The van der Waals surface area contributed by atoms with Gasteiger partial charge in [-0.15, -0.1) is 11.8 Å². The Morgan fingerprint density at radius 2 is 1.92 bits per heavy atom. The Bertz CT molecular complexity index is 823. The van der Waals surface area contributed by atoms with Gasteiger partial charge >= 0.3 is 12.2 Å². The number of carbonyl (C=O) groups excluding carboxylic acids is 1. The van der Waals surface area contributed by atoms with E-state index in [1.54, 1.807) is 11.0 Å². The molecule has 0 bridgehead atoms. The topological polar surface area (TPSA) is 32.3 Å². The number of aryl methyl sites for hydroxylation is 1. The summed E-state index contributed by atoms with van der Waals surface area (Å²) in [5.41, 5.74) is 2.54. The summed E-state index contributed by atoms with van der Waals surface area (Å²) >= 11 is 1.47. The van der Waals surface area contributed by atoms with Crippen LogP contribution in [0.1, 0.15) is 27.6 Å². The molecular weight excluding hydrogens is 361 g/mol. The summed E-state index contributed by atoms with van der Waals surface area (Å²) in [6.07, 6.45) is -4.40. The monoisotopic (exact) mass is 380 g/mol. The lowest BCUT2D eigenvalue weighted by Gasteiger charge is -2.25. The van der Waals surface area contributed by atoms with Crippen molar-refractivity contribution in [3.63, 3.8) is 0 Å². The molecule has 1 unspecified atom stereocenters. The molecule has 2 amide bonds. The number of halogens is 3. The number of hydrogen-bond acceptors (Lipinski definition) is 2. The zero-order chi connectivity index (χ0) is 18.9. The molecule has 0 aromatic heterocycles. The first-order valence-corrected chi connectivity index (χ1v) is 9.25. The molecule has 0 aliphatic carbocycles. The number of urea groups is 1. The van der Waals surface area contributed by atoms with E-state index < -0.39 is 17.1 Å². The molecule has 2 aromatic rings. The van der Waals surface area contributed by atoms with Crippen LogP contribution in [0.3, 0.4) is 0 Å². The minimum atomic E-state index is -4.40. The first-order chi connectivity index (χ1) is 12.3. The lowest BCUT2D eigenvalue weighted by atomic mass is 10.1. The van der Waals surface area contributed by atoms with Crippen LogP contribution in [-0.4, -0.2) is 23.2 Å². The molecule has 2 aromatic carbocycles. The van der Waals surface area contributed by atoms with E-state index in [4.69, 9.17) is 0 Å². The number of hydrogen-bond donors (Lipinski definition) is 1. The minimum absolute atomic E-state index is 0.300. The smallest absolute Gasteiger partial charge is 0.308 e. The summed E-state index contributed by atoms with van der Waals surface area (Å²) in [6, 6.07) is 10.5. The summed E-state index contributed by atoms with van der Waals surface area (Å²) in [4.78, 5) is 14.3. The van der Waals surface area contributed by atoms with Crippen molar-refractivity contribution in [3.8, 4) is 0 Å². The van der Waals surface area contributed by atoms with Crippen LogP contribution in [0.4, 0.5) is 23.7 Å². The highest BCUT2D eigenvalue weighted by molar-refractivity contribution is 7.99. The first-order valence-electron chi connectivity index (χ1n) is 8.20. The van der Waals surface area contributed by atoms with Crippen molar-refractivity contribution in [1.29, 1.82) is 0 Å². The fourth-order valence-corrected chi connectivity index (χ4v) is 4.14. The Morgan fingerprint density at radius 1 is 1.19 bits per heavy atom. The fraction of sp³-hybridized carbons (Fsp3) is 0.316. The number of benzene rings is 2. The third kappa shape index (κ3) is 3.82. The summed E-state index contributed by atoms with van der Waals surface area (Å²) in [7, 11) is 0. The maximum atomic E-state index is 13.0. The van der Waals surface area contributed by atoms with Crippen molar-refractivity contribution in [2.24, 2.45) is 0 Å². The summed E-state index contributed by atoms with van der Waals surface area (Å²) < 4.78 is 38.9. The predicted octanol–water partition coefficient (Wildman–Crippen LogP) is 5.60. The van der Waals surface area contributed by atoms with E-state index >= 15 is 0 Å². The molecule has 3 rings (SSSR count). The Hall–Kier alpha value is -2.15. The van der Waals surface area contributed by atoms with Gasteiger partial charge in [0.1, 0.15) is 5.37 Å². The quantitative estimate of drug-likeness (QED) is 0.735.